The molecule has 0 radical (unpaired) electrons. The number of para-hydroxylation sites is 1. The number of esters is 1. The monoisotopic (exact) mass is 421 g/mol. The molecule has 1 aliphatic carbocycles. The maximum atomic E-state index is 12.4. The molecule has 1 N–H and O–H groups in total. The molecule has 160 valence electrons. The largest absolute Gasteiger partial charge is 0.493 e. The summed E-state index contributed by atoms with van der Waals surface area (Å²) in [6, 6.07) is 12.1. The zero-order chi connectivity index (χ0) is 21.8. The molecule has 7 nitrogen and oxygen atoms in total. The van der Waals surface area contributed by atoms with E-state index in [9.17, 15) is 14.4 Å². The van der Waals surface area contributed by atoms with Crippen molar-refractivity contribution in [3.63, 3.8) is 0 Å². The van der Waals surface area contributed by atoms with Crippen LogP contribution in [-0.2, 0) is 29.0 Å². The Morgan fingerprint density at radius 3 is 2.68 bits per heavy atom. The van der Waals surface area contributed by atoms with Crippen LogP contribution in [0.5, 0.6) is 5.75 Å². The van der Waals surface area contributed by atoms with E-state index in [1.54, 1.807) is 24.3 Å². The molecule has 0 fully saturated rings. The van der Waals surface area contributed by atoms with Gasteiger partial charge in [-0.25, -0.2) is 4.79 Å². The van der Waals surface area contributed by atoms with Crippen molar-refractivity contribution in [3.8, 4) is 5.75 Å². The number of hydrogen-bond acceptors (Lipinski definition) is 6. The molecule has 1 aliphatic rings. The number of aryl methyl sites for hydroxylation is 2. The van der Waals surface area contributed by atoms with Gasteiger partial charge in [-0.3, -0.25) is 9.59 Å². The molecule has 0 atom stereocenters. The third-order valence-electron chi connectivity index (χ3n) is 5.26. The molecular formula is C24H23NO6. The van der Waals surface area contributed by atoms with Gasteiger partial charge in [0.1, 0.15) is 24.5 Å². The molecule has 1 amide bonds. The van der Waals surface area contributed by atoms with E-state index in [0.717, 1.165) is 24.6 Å². The number of nitrogens with one attached hydrogen (secondary N) is 1. The second-order valence-corrected chi connectivity index (χ2v) is 7.33. The van der Waals surface area contributed by atoms with Crippen molar-refractivity contribution in [2.45, 2.75) is 32.8 Å². The van der Waals surface area contributed by atoms with Crippen molar-refractivity contribution in [2.75, 3.05) is 13.2 Å². The molecule has 0 bridgehead atoms. The molecule has 7 heteroatoms. The maximum absolute atomic E-state index is 12.4. The number of amides is 1. The van der Waals surface area contributed by atoms with Crippen LogP contribution in [0.25, 0.3) is 11.0 Å². The number of benzene rings is 2. The van der Waals surface area contributed by atoms with Crippen LogP contribution in [0, 0.1) is 0 Å². The summed E-state index contributed by atoms with van der Waals surface area (Å²) in [4.78, 5) is 36.5. The minimum atomic E-state index is -0.607. The van der Waals surface area contributed by atoms with E-state index in [1.807, 2.05) is 19.1 Å². The highest BCUT2D eigenvalue weighted by Crippen LogP contribution is 2.28. The van der Waals surface area contributed by atoms with Crippen LogP contribution in [0.2, 0.25) is 0 Å². The molecule has 1 aromatic heterocycles. The first-order chi connectivity index (χ1) is 15.0. The fourth-order valence-electron chi connectivity index (χ4n) is 3.81. The minimum Gasteiger partial charge on any atom is -0.493 e. The van der Waals surface area contributed by atoms with E-state index in [2.05, 4.69) is 5.32 Å². The molecule has 0 unspecified atom stereocenters. The fraction of sp³-hybridized carbons (Fsp3) is 0.292. The summed E-state index contributed by atoms with van der Waals surface area (Å²) in [5.74, 6) is -0.585. The van der Waals surface area contributed by atoms with Crippen molar-refractivity contribution in [1.82, 2.24) is 5.32 Å². The molecular weight excluding hydrogens is 398 g/mol. The van der Waals surface area contributed by atoms with Crippen LogP contribution in [0.1, 0.15) is 40.4 Å². The van der Waals surface area contributed by atoms with Crippen LogP contribution >= 0.6 is 0 Å². The zero-order valence-corrected chi connectivity index (χ0v) is 17.2. The Morgan fingerprint density at radius 2 is 1.87 bits per heavy atom. The van der Waals surface area contributed by atoms with Crippen LogP contribution in [0.15, 0.2) is 51.7 Å². The highest BCUT2D eigenvalue weighted by Gasteiger charge is 2.17. The fourth-order valence-corrected chi connectivity index (χ4v) is 3.81. The van der Waals surface area contributed by atoms with Crippen LogP contribution in [-0.4, -0.2) is 25.0 Å². The van der Waals surface area contributed by atoms with E-state index in [0.29, 0.717) is 29.1 Å². The van der Waals surface area contributed by atoms with Crippen molar-refractivity contribution in [2.24, 2.45) is 0 Å². The highest BCUT2D eigenvalue weighted by molar-refractivity contribution is 5.98. The number of rotatable bonds is 7. The normalized spacial score (nSPS) is 12.4. The van der Waals surface area contributed by atoms with Crippen molar-refractivity contribution >= 4 is 22.8 Å². The summed E-state index contributed by atoms with van der Waals surface area (Å²) < 4.78 is 16.1. The van der Waals surface area contributed by atoms with Gasteiger partial charge in [-0.15, -0.1) is 0 Å². The van der Waals surface area contributed by atoms with E-state index in [1.165, 1.54) is 17.2 Å². The lowest BCUT2D eigenvalue weighted by molar-refractivity contribution is -0.143. The van der Waals surface area contributed by atoms with Crippen LogP contribution in [0.3, 0.4) is 0 Å². The maximum Gasteiger partial charge on any atom is 0.336 e. The first-order valence-electron chi connectivity index (χ1n) is 10.3. The smallest absolute Gasteiger partial charge is 0.336 e. The van der Waals surface area contributed by atoms with Crippen LogP contribution in [0.4, 0.5) is 0 Å². The topological polar surface area (TPSA) is 94.8 Å². The van der Waals surface area contributed by atoms with E-state index in [-0.39, 0.29) is 13.2 Å². The Kier molecular flexibility index (Phi) is 6.02. The number of carbonyl (C=O) groups is 2. The van der Waals surface area contributed by atoms with E-state index >= 15 is 0 Å². The van der Waals surface area contributed by atoms with Gasteiger partial charge < -0.3 is 19.2 Å². The third kappa shape index (κ3) is 4.60. The van der Waals surface area contributed by atoms with Gasteiger partial charge in [0.05, 0.1) is 12.2 Å². The third-order valence-corrected chi connectivity index (χ3v) is 5.26. The summed E-state index contributed by atoms with van der Waals surface area (Å²) in [7, 11) is 0. The van der Waals surface area contributed by atoms with Gasteiger partial charge in [0, 0.05) is 17.0 Å². The number of ether oxygens (including phenoxy) is 2. The van der Waals surface area contributed by atoms with Gasteiger partial charge in [0.25, 0.3) is 5.91 Å². The predicted octanol–water partition coefficient (Wildman–Crippen LogP) is 3.15. The van der Waals surface area contributed by atoms with Crippen molar-refractivity contribution < 1.29 is 23.5 Å². The molecule has 3 aromatic rings. The molecule has 2 aromatic carbocycles. The Bertz CT molecular complexity index is 1200. The van der Waals surface area contributed by atoms with Gasteiger partial charge in [-0.2, -0.15) is 0 Å². The second kappa shape index (κ2) is 9.04. The Hall–Kier alpha value is -3.61. The lowest BCUT2D eigenvalue weighted by atomic mass is 10.0. The summed E-state index contributed by atoms with van der Waals surface area (Å²) >= 11 is 0. The molecule has 0 aliphatic heterocycles. The molecule has 31 heavy (non-hydrogen) atoms. The summed E-state index contributed by atoms with van der Waals surface area (Å²) in [5.41, 5.74) is 3.37. The number of hydrogen-bond donors (Lipinski definition) is 1. The van der Waals surface area contributed by atoms with Crippen molar-refractivity contribution in [1.29, 1.82) is 0 Å². The molecule has 0 saturated heterocycles. The van der Waals surface area contributed by atoms with Gasteiger partial charge in [0.2, 0.25) is 0 Å². The Morgan fingerprint density at radius 1 is 1.10 bits per heavy atom. The summed E-state index contributed by atoms with van der Waals surface area (Å²) in [6.45, 7) is 1.88. The van der Waals surface area contributed by atoms with Gasteiger partial charge in [-0.1, -0.05) is 12.1 Å². The van der Waals surface area contributed by atoms with Crippen molar-refractivity contribution in [3.05, 3.63) is 75.1 Å². The molecule has 1 heterocycles. The lowest BCUT2D eigenvalue weighted by Crippen LogP contribution is -2.31. The minimum absolute atomic E-state index is 0.0783. The SMILES string of the molecule is CCOc1ccccc1C(=O)NCC(=O)OCc1cc(=O)oc2cc3c(cc12)CCC3. The average Bonchev–Trinajstić information content (AvgIpc) is 3.22. The van der Waals surface area contributed by atoms with E-state index < -0.39 is 17.5 Å². The van der Waals surface area contributed by atoms with Gasteiger partial charge in [-0.05, 0) is 61.6 Å². The Labute approximate surface area is 179 Å². The molecule has 0 saturated carbocycles. The standard InChI is InChI=1S/C24H23NO6/c1-2-29-20-9-4-3-8-18(20)24(28)25-13-23(27)30-14-17-12-22(26)31-21-11-16-7-5-6-15(16)10-19(17)21/h3-4,8-12H,2,5-7,13-14H2,1H3,(H,25,28). The first-order valence-corrected chi connectivity index (χ1v) is 10.3. The highest BCUT2D eigenvalue weighted by atomic mass is 16.5. The first kappa shape index (κ1) is 20.7. The zero-order valence-electron chi connectivity index (χ0n) is 17.2. The molecule has 0 spiro atoms. The second-order valence-electron chi connectivity index (χ2n) is 7.33. The number of carbonyl (C=O) groups excluding carboxylic acids is 2. The summed E-state index contributed by atoms with van der Waals surface area (Å²) in [6.07, 6.45) is 3.03. The Balaban J connectivity index is 1.41. The van der Waals surface area contributed by atoms with E-state index in [4.69, 9.17) is 13.9 Å². The number of fused-ring (bicyclic) bond motifs is 2. The van der Waals surface area contributed by atoms with Crippen LogP contribution < -0.4 is 15.7 Å². The van der Waals surface area contributed by atoms with Gasteiger partial charge >= 0.3 is 11.6 Å². The summed E-state index contributed by atoms with van der Waals surface area (Å²) in [5, 5.41) is 3.31. The molecule has 4 rings (SSSR count). The predicted molar refractivity (Wildman–Crippen MR) is 114 cm³/mol. The quantitative estimate of drug-likeness (QED) is 0.465. The lowest BCUT2D eigenvalue weighted by Gasteiger charge is -2.11. The van der Waals surface area contributed by atoms with Gasteiger partial charge in [0.15, 0.2) is 0 Å². The average molecular weight is 421 g/mol.